The van der Waals surface area contributed by atoms with Crippen LogP contribution < -0.4 is 5.43 Å². The first-order chi connectivity index (χ1) is 10.5. The topological polar surface area (TPSA) is 102 Å². The van der Waals surface area contributed by atoms with Crippen molar-refractivity contribution in [3.63, 3.8) is 0 Å². The number of nitro groups is 1. The first-order valence-electron chi connectivity index (χ1n) is 6.22. The van der Waals surface area contributed by atoms with Crippen LogP contribution in [0.5, 0.6) is 0 Å². The summed E-state index contributed by atoms with van der Waals surface area (Å²) in [6, 6.07) is 8.26. The molecule has 1 aromatic heterocycles. The van der Waals surface area contributed by atoms with Crippen LogP contribution in [0.15, 0.2) is 35.4 Å². The maximum absolute atomic E-state index is 11.7. The number of aromatic nitrogens is 2. The number of benzene rings is 1. The minimum atomic E-state index is -0.612. The highest BCUT2D eigenvalue weighted by Crippen LogP contribution is 2.10. The molecule has 2 aromatic rings. The second-order valence-corrected chi connectivity index (χ2v) is 4.84. The summed E-state index contributed by atoms with van der Waals surface area (Å²) in [5.41, 5.74) is 3.57. The average molecular weight is 322 g/mol. The smallest absolute Gasteiger partial charge is 0.358 e. The number of nitrogens with zero attached hydrogens (tertiary/aromatic N) is 4. The number of amides is 1. The van der Waals surface area contributed by atoms with Crippen molar-refractivity contribution < 1.29 is 9.72 Å². The molecule has 0 radical (unpaired) electrons. The van der Waals surface area contributed by atoms with E-state index in [1.807, 2.05) is 0 Å². The second-order valence-electron chi connectivity index (χ2n) is 4.41. The third-order valence-electron chi connectivity index (χ3n) is 2.70. The summed E-state index contributed by atoms with van der Waals surface area (Å²) in [6.45, 7) is 1.47. The summed E-state index contributed by atoms with van der Waals surface area (Å²) in [7, 11) is 0. The van der Waals surface area contributed by atoms with Crippen molar-refractivity contribution in [1.29, 1.82) is 0 Å². The zero-order chi connectivity index (χ0) is 16.1. The summed E-state index contributed by atoms with van der Waals surface area (Å²) in [6.07, 6.45) is 1.45. The number of nitrogens with one attached hydrogen (secondary N) is 1. The molecule has 1 amide bonds. The molecule has 22 heavy (non-hydrogen) atoms. The predicted octanol–water partition coefficient (Wildman–Crippen LogP) is 1.90. The molecule has 0 spiro atoms. The molecule has 0 aliphatic carbocycles. The van der Waals surface area contributed by atoms with Gasteiger partial charge < -0.3 is 10.1 Å². The van der Waals surface area contributed by atoms with Crippen molar-refractivity contribution in [2.45, 2.75) is 13.5 Å². The molecule has 8 nitrogen and oxygen atoms in total. The van der Waals surface area contributed by atoms with Gasteiger partial charge in [0.2, 0.25) is 0 Å². The molecule has 0 saturated heterocycles. The zero-order valence-electron chi connectivity index (χ0n) is 11.6. The van der Waals surface area contributed by atoms with Crippen molar-refractivity contribution in [3.05, 3.63) is 56.7 Å². The van der Waals surface area contributed by atoms with E-state index in [2.05, 4.69) is 15.6 Å². The van der Waals surface area contributed by atoms with Crippen LogP contribution in [0.25, 0.3) is 0 Å². The Bertz CT molecular complexity index is 741. The van der Waals surface area contributed by atoms with Gasteiger partial charge in [0, 0.05) is 5.02 Å². The summed E-state index contributed by atoms with van der Waals surface area (Å²) in [4.78, 5) is 21.7. The Balaban J connectivity index is 1.94. The van der Waals surface area contributed by atoms with E-state index >= 15 is 0 Å². The number of hydrazone groups is 1. The third kappa shape index (κ3) is 4.13. The van der Waals surface area contributed by atoms with Crippen LogP contribution in [0.2, 0.25) is 5.02 Å². The first-order valence-corrected chi connectivity index (χ1v) is 6.60. The molecular weight excluding hydrogens is 310 g/mol. The summed E-state index contributed by atoms with van der Waals surface area (Å²) in [5, 5.41) is 18.7. The minimum Gasteiger partial charge on any atom is -0.358 e. The highest BCUT2D eigenvalue weighted by molar-refractivity contribution is 6.30. The van der Waals surface area contributed by atoms with E-state index < -0.39 is 10.8 Å². The zero-order valence-corrected chi connectivity index (χ0v) is 12.3. The number of rotatable bonds is 5. The van der Waals surface area contributed by atoms with Gasteiger partial charge in [0.1, 0.15) is 6.54 Å². The predicted molar refractivity (Wildman–Crippen MR) is 80.8 cm³/mol. The van der Waals surface area contributed by atoms with E-state index in [-0.39, 0.29) is 12.4 Å². The molecule has 0 aliphatic rings. The van der Waals surface area contributed by atoms with Crippen molar-refractivity contribution in [2.24, 2.45) is 5.10 Å². The van der Waals surface area contributed by atoms with E-state index in [4.69, 9.17) is 11.6 Å². The van der Waals surface area contributed by atoms with E-state index in [0.717, 1.165) is 5.56 Å². The van der Waals surface area contributed by atoms with E-state index in [9.17, 15) is 14.9 Å². The maximum atomic E-state index is 11.7. The number of carbonyl (C=O) groups excluding carboxylic acids is 1. The SMILES string of the molecule is Cc1cc([N+](=O)[O-])nn1CC(=O)NN=Cc1cccc(Cl)c1. The van der Waals surface area contributed by atoms with Gasteiger partial charge >= 0.3 is 5.82 Å². The number of hydrogen-bond acceptors (Lipinski definition) is 5. The van der Waals surface area contributed by atoms with Crippen LogP contribution in [0.3, 0.4) is 0 Å². The molecule has 0 aliphatic heterocycles. The van der Waals surface area contributed by atoms with Crippen LogP contribution in [-0.4, -0.2) is 26.8 Å². The standard InChI is InChI=1S/C13H12ClN5O3/c1-9-5-12(19(21)22)17-18(9)8-13(20)16-15-7-10-3-2-4-11(14)6-10/h2-7H,8H2,1H3,(H,16,20). The van der Waals surface area contributed by atoms with Crippen molar-refractivity contribution >= 4 is 29.5 Å². The third-order valence-corrected chi connectivity index (χ3v) is 2.94. The van der Waals surface area contributed by atoms with Crippen molar-refractivity contribution in [1.82, 2.24) is 15.2 Å². The lowest BCUT2D eigenvalue weighted by Gasteiger charge is -1.99. The summed E-state index contributed by atoms with van der Waals surface area (Å²) < 4.78 is 1.24. The molecule has 2 rings (SSSR count). The Morgan fingerprint density at radius 3 is 2.95 bits per heavy atom. The molecule has 0 unspecified atom stereocenters. The highest BCUT2D eigenvalue weighted by Gasteiger charge is 2.17. The van der Waals surface area contributed by atoms with Gasteiger partial charge in [-0.25, -0.2) is 5.43 Å². The van der Waals surface area contributed by atoms with Gasteiger partial charge in [-0.05, 0) is 29.5 Å². The molecule has 0 saturated carbocycles. The minimum absolute atomic E-state index is 0.160. The molecular formula is C13H12ClN5O3. The van der Waals surface area contributed by atoms with E-state index in [1.165, 1.54) is 17.0 Å². The molecule has 0 fully saturated rings. The van der Waals surface area contributed by atoms with Crippen molar-refractivity contribution in [2.75, 3.05) is 0 Å². The Morgan fingerprint density at radius 2 is 2.32 bits per heavy atom. The molecule has 1 aromatic carbocycles. The van der Waals surface area contributed by atoms with Gasteiger partial charge in [0.15, 0.2) is 0 Å². The monoisotopic (exact) mass is 321 g/mol. The fourth-order valence-corrected chi connectivity index (χ4v) is 1.88. The van der Waals surface area contributed by atoms with E-state index in [0.29, 0.717) is 10.7 Å². The van der Waals surface area contributed by atoms with Crippen LogP contribution >= 0.6 is 11.6 Å². The lowest BCUT2D eigenvalue weighted by molar-refractivity contribution is -0.389. The van der Waals surface area contributed by atoms with Crippen LogP contribution in [0.1, 0.15) is 11.3 Å². The van der Waals surface area contributed by atoms with Gasteiger partial charge in [-0.15, -0.1) is 0 Å². The van der Waals surface area contributed by atoms with Gasteiger partial charge in [-0.3, -0.25) is 4.79 Å². The summed E-state index contributed by atoms with van der Waals surface area (Å²) >= 11 is 5.82. The fraction of sp³-hybridized carbons (Fsp3) is 0.154. The number of hydrogen-bond donors (Lipinski definition) is 1. The molecule has 9 heteroatoms. The average Bonchev–Trinajstić information content (AvgIpc) is 2.80. The second kappa shape index (κ2) is 6.81. The summed E-state index contributed by atoms with van der Waals surface area (Å²) in [5.74, 6) is -0.743. The largest absolute Gasteiger partial charge is 0.390 e. The lowest BCUT2D eigenvalue weighted by Crippen LogP contribution is -2.24. The quantitative estimate of drug-likeness (QED) is 0.516. The Morgan fingerprint density at radius 1 is 1.55 bits per heavy atom. The van der Waals surface area contributed by atoms with Crippen LogP contribution in [0, 0.1) is 17.0 Å². The molecule has 0 atom stereocenters. The van der Waals surface area contributed by atoms with E-state index in [1.54, 1.807) is 31.2 Å². The van der Waals surface area contributed by atoms with Gasteiger partial charge in [0.25, 0.3) is 5.91 Å². The molecule has 1 heterocycles. The molecule has 1 N–H and O–H groups in total. The maximum Gasteiger partial charge on any atom is 0.390 e. The van der Waals surface area contributed by atoms with Crippen LogP contribution in [0.4, 0.5) is 5.82 Å². The number of carbonyl (C=O) groups is 1. The van der Waals surface area contributed by atoms with Gasteiger partial charge in [-0.2, -0.15) is 9.78 Å². The number of aryl methyl sites for hydroxylation is 1. The lowest BCUT2D eigenvalue weighted by atomic mass is 10.2. The van der Waals surface area contributed by atoms with Gasteiger partial charge in [-0.1, -0.05) is 23.7 Å². The molecule has 0 bridgehead atoms. The normalized spacial score (nSPS) is 10.8. The molecule has 114 valence electrons. The fourth-order valence-electron chi connectivity index (χ4n) is 1.68. The highest BCUT2D eigenvalue weighted by atomic mass is 35.5. The van der Waals surface area contributed by atoms with Crippen molar-refractivity contribution in [3.8, 4) is 0 Å². The Hall–Kier alpha value is -2.74. The first kappa shape index (κ1) is 15.6. The number of halogens is 1. The Kier molecular flexibility index (Phi) is 4.84. The van der Waals surface area contributed by atoms with Gasteiger partial charge in [0.05, 0.1) is 23.1 Å². The Labute approximate surface area is 130 Å². The van der Waals surface area contributed by atoms with Crippen LogP contribution in [-0.2, 0) is 11.3 Å².